The monoisotopic (exact) mass is 371 g/mol. The molecule has 0 aliphatic carbocycles. The molecule has 0 atom stereocenters. The maximum atomic E-state index is 12.6. The summed E-state index contributed by atoms with van der Waals surface area (Å²) in [6.07, 6.45) is 0. The summed E-state index contributed by atoms with van der Waals surface area (Å²) in [5, 5.41) is 8.34. The Kier molecular flexibility index (Phi) is 4.42. The standard InChI is InChI=1S/C24H25N3O/c1-16-13-21(26-25-16)18-7-11-22-19(14-18)8-12-23(28)27(22)15-17-5-9-20(10-6-17)24(2,3)4/h5-14H,15H2,1-4H3,(H,25,26). The number of aromatic nitrogens is 3. The summed E-state index contributed by atoms with van der Waals surface area (Å²) in [4.78, 5) is 12.6. The second-order valence-electron chi connectivity index (χ2n) is 8.41. The molecule has 4 heteroatoms. The topological polar surface area (TPSA) is 50.7 Å². The Balaban J connectivity index is 1.72. The molecule has 28 heavy (non-hydrogen) atoms. The molecule has 4 rings (SSSR count). The molecule has 0 aliphatic rings. The average molecular weight is 371 g/mol. The number of nitrogens with one attached hydrogen (secondary N) is 1. The van der Waals surface area contributed by atoms with Gasteiger partial charge in [0.25, 0.3) is 5.56 Å². The highest BCUT2D eigenvalue weighted by Crippen LogP contribution is 2.24. The Bertz CT molecular complexity index is 1190. The normalized spacial score (nSPS) is 11.9. The molecule has 0 bridgehead atoms. The summed E-state index contributed by atoms with van der Waals surface area (Å²) in [6.45, 7) is 9.16. The SMILES string of the molecule is Cc1cc(-c2ccc3c(ccc(=O)n3Cc3ccc(C(C)(C)C)cc3)c2)n[nH]1. The van der Waals surface area contributed by atoms with Gasteiger partial charge in [0.05, 0.1) is 17.8 Å². The van der Waals surface area contributed by atoms with Crippen LogP contribution in [0.1, 0.15) is 37.6 Å². The van der Waals surface area contributed by atoms with E-state index in [1.165, 1.54) is 5.56 Å². The summed E-state index contributed by atoms with van der Waals surface area (Å²) in [7, 11) is 0. The van der Waals surface area contributed by atoms with E-state index in [0.29, 0.717) is 6.54 Å². The molecular formula is C24H25N3O. The van der Waals surface area contributed by atoms with E-state index >= 15 is 0 Å². The number of H-pyrrole nitrogens is 1. The van der Waals surface area contributed by atoms with Crippen molar-refractivity contribution >= 4 is 10.9 Å². The number of nitrogens with zero attached hydrogens (tertiary/aromatic N) is 2. The van der Waals surface area contributed by atoms with Crippen molar-refractivity contribution in [1.82, 2.24) is 14.8 Å². The minimum Gasteiger partial charge on any atom is -0.304 e. The van der Waals surface area contributed by atoms with Crippen molar-refractivity contribution in [2.75, 3.05) is 0 Å². The molecule has 2 heterocycles. The zero-order valence-corrected chi connectivity index (χ0v) is 16.8. The number of fused-ring (bicyclic) bond motifs is 1. The number of hydrogen-bond donors (Lipinski definition) is 1. The van der Waals surface area contributed by atoms with E-state index in [9.17, 15) is 4.79 Å². The van der Waals surface area contributed by atoms with Gasteiger partial charge >= 0.3 is 0 Å². The number of pyridine rings is 1. The fourth-order valence-electron chi connectivity index (χ4n) is 3.48. The van der Waals surface area contributed by atoms with Gasteiger partial charge in [-0.05, 0) is 53.1 Å². The molecule has 0 spiro atoms. The van der Waals surface area contributed by atoms with Gasteiger partial charge in [-0.3, -0.25) is 9.89 Å². The van der Waals surface area contributed by atoms with E-state index in [1.54, 1.807) is 6.07 Å². The van der Waals surface area contributed by atoms with Gasteiger partial charge < -0.3 is 4.57 Å². The fourth-order valence-corrected chi connectivity index (χ4v) is 3.48. The number of aryl methyl sites for hydroxylation is 1. The number of rotatable bonds is 3. The van der Waals surface area contributed by atoms with Gasteiger partial charge in [-0.2, -0.15) is 5.10 Å². The fraction of sp³-hybridized carbons (Fsp3) is 0.250. The predicted molar refractivity (Wildman–Crippen MR) is 115 cm³/mol. The summed E-state index contributed by atoms with van der Waals surface area (Å²) in [6, 6.07) is 20.2. The van der Waals surface area contributed by atoms with Crippen molar-refractivity contribution < 1.29 is 0 Å². The lowest BCUT2D eigenvalue weighted by atomic mass is 9.87. The van der Waals surface area contributed by atoms with Crippen molar-refractivity contribution in [3.05, 3.63) is 87.8 Å². The number of benzene rings is 2. The largest absolute Gasteiger partial charge is 0.304 e. The molecule has 2 aromatic carbocycles. The summed E-state index contributed by atoms with van der Waals surface area (Å²) in [5.74, 6) is 0. The van der Waals surface area contributed by atoms with Crippen LogP contribution in [0.3, 0.4) is 0 Å². The smallest absolute Gasteiger partial charge is 0.251 e. The van der Waals surface area contributed by atoms with E-state index in [0.717, 1.165) is 33.4 Å². The first kappa shape index (κ1) is 18.2. The van der Waals surface area contributed by atoms with Crippen LogP contribution < -0.4 is 5.56 Å². The summed E-state index contributed by atoms with van der Waals surface area (Å²) in [5.41, 5.74) is 6.45. The first-order valence-corrected chi connectivity index (χ1v) is 9.57. The molecule has 0 aliphatic heterocycles. The van der Waals surface area contributed by atoms with Crippen LogP contribution in [0.4, 0.5) is 0 Å². The molecular weight excluding hydrogens is 346 g/mol. The zero-order valence-electron chi connectivity index (χ0n) is 16.8. The van der Waals surface area contributed by atoms with Crippen molar-refractivity contribution in [2.24, 2.45) is 0 Å². The Morgan fingerprint density at radius 3 is 2.36 bits per heavy atom. The third-order valence-corrected chi connectivity index (χ3v) is 5.15. The molecule has 0 amide bonds. The highest BCUT2D eigenvalue weighted by molar-refractivity contribution is 5.84. The Morgan fingerprint density at radius 2 is 1.71 bits per heavy atom. The highest BCUT2D eigenvalue weighted by atomic mass is 16.1. The van der Waals surface area contributed by atoms with Crippen LogP contribution in [-0.4, -0.2) is 14.8 Å². The van der Waals surface area contributed by atoms with E-state index in [2.05, 4.69) is 61.3 Å². The van der Waals surface area contributed by atoms with Crippen LogP contribution >= 0.6 is 0 Å². The van der Waals surface area contributed by atoms with E-state index in [-0.39, 0.29) is 11.0 Å². The number of hydrogen-bond acceptors (Lipinski definition) is 2. The van der Waals surface area contributed by atoms with Crippen LogP contribution in [0.5, 0.6) is 0 Å². The van der Waals surface area contributed by atoms with Crippen molar-refractivity contribution in [1.29, 1.82) is 0 Å². The van der Waals surface area contributed by atoms with E-state index < -0.39 is 0 Å². The van der Waals surface area contributed by atoms with Gasteiger partial charge in [0.1, 0.15) is 0 Å². The Hall–Kier alpha value is -3.14. The Labute approximate surface area is 164 Å². The number of aromatic amines is 1. The van der Waals surface area contributed by atoms with Crippen LogP contribution in [0.15, 0.2) is 65.5 Å². The maximum absolute atomic E-state index is 12.6. The van der Waals surface area contributed by atoms with E-state index in [1.807, 2.05) is 35.8 Å². The molecule has 0 fully saturated rings. The lowest BCUT2D eigenvalue weighted by molar-refractivity contribution is 0.589. The predicted octanol–water partition coefficient (Wildman–Crippen LogP) is 5.05. The third kappa shape index (κ3) is 3.50. The first-order valence-electron chi connectivity index (χ1n) is 9.57. The second-order valence-corrected chi connectivity index (χ2v) is 8.41. The van der Waals surface area contributed by atoms with Gasteiger partial charge in [-0.25, -0.2) is 0 Å². The molecule has 2 aromatic heterocycles. The summed E-state index contributed by atoms with van der Waals surface area (Å²) < 4.78 is 1.83. The third-order valence-electron chi connectivity index (χ3n) is 5.15. The Morgan fingerprint density at radius 1 is 0.964 bits per heavy atom. The molecule has 0 saturated carbocycles. The lowest BCUT2D eigenvalue weighted by Gasteiger charge is -2.19. The lowest BCUT2D eigenvalue weighted by Crippen LogP contribution is -2.20. The van der Waals surface area contributed by atoms with Crippen molar-refractivity contribution in [3.8, 4) is 11.3 Å². The highest BCUT2D eigenvalue weighted by Gasteiger charge is 2.13. The molecule has 4 aromatic rings. The van der Waals surface area contributed by atoms with Gasteiger partial charge in [-0.15, -0.1) is 0 Å². The van der Waals surface area contributed by atoms with Gasteiger partial charge in [0.2, 0.25) is 0 Å². The zero-order chi connectivity index (χ0) is 19.9. The molecule has 1 N–H and O–H groups in total. The molecule has 4 nitrogen and oxygen atoms in total. The van der Waals surface area contributed by atoms with Crippen LogP contribution in [-0.2, 0) is 12.0 Å². The maximum Gasteiger partial charge on any atom is 0.251 e. The first-order chi connectivity index (χ1) is 13.3. The second kappa shape index (κ2) is 6.79. The van der Waals surface area contributed by atoms with Crippen LogP contribution in [0.25, 0.3) is 22.2 Å². The summed E-state index contributed by atoms with van der Waals surface area (Å²) >= 11 is 0. The van der Waals surface area contributed by atoms with Gasteiger partial charge in [-0.1, -0.05) is 51.1 Å². The molecule has 0 saturated heterocycles. The molecule has 142 valence electrons. The minimum absolute atomic E-state index is 0.00996. The van der Waals surface area contributed by atoms with Crippen LogP contribution in [0.2, 0.25) is 0 Å². The van der Waals surface area contributed by atoms with Gasteiger partial charge in [0, 0.05) is 17.3 Å². The van der Waals surface area contributed by atoms with Crippen molar-refractivity contribution in [3.63, 3.8) is 0 Å². The average Bonchev–Trinajstić information content (AvgIpc) is 3.10. The van der Waals surface area contributed by atoms with E-state index in [4.69, 9.17) is 0 Å². The quantitative estimate of drug-likeness (QED) is 0.548. The van der Waals surface area contributed by atoms with Crippen molar-refractivity contribution in [2.45, 2.75) is 39.7 Å². The molecule has 0 radical (unpaired) electrons. The minimum atomic E-state index is 0.00996. The molecule has 0 unspecified atom stereocenters. The van der Waals surface area contributed by atoms with Gasteiger partial charge in [0.15, 0.2) is 0 Å². The van der Waals surface area contributed by atoms with Crippen LogP contribution in [0, 0.1) is 6.92 Å².